The van der Waals surface area contributed by atoms with E-state index in [0.29, 0.717) is 18.0 Å². The average Bonchev–Trinajstić information content (AvgIpc) is 3.06. The van der Waals surface area contributed by atoms with E-state index >= 15 is 0 Å². The van der Waals surface area contributed by atoms with E-state index in [1.54, 1.807) is 18.3 Å². The minimum absolute atomic E-state index is 0.194. The first-order valence-corrected chi connectivity index (χ1v) is 8.13. The molecule has 1 aromatic carbocycles. The number of nitrogens with two attached hydrogens (primary N) is 1. The Kier molecular flexibility index (Phi) is 6.04. The van der Waals surface area contributed by atoms with Crippen molar-refractivity contribution in [2.45, 2.75) is 24.7 Å². The quantitative estimate of drug-likeness (QED) is 0.805. The van der Waals surface area contributed by atoms with Gasteiger partial charge in [-0.05, 0) is 18.1 Å². The molecular formula is C16H19Cl2N3O2. The highest BCUT2D eigenvalue weighted by Crippen LogP contribution is 2.26. The fourth-order valence-electron chi connectivity index (χ4n) is 2.05. The second kappa shape index (κ2) is 7.81. The number of hydrogen-bond donors (Lipinski definition) is 1. The standard InChI is InChI=1S/C16H19Cl2N3O2/c1-10(2)13(19)9-21(16(22)15(17)18)12-5-3-4-11(8-12)14-6-7-20-23-14/h3-8,10,13,15H,9,19H2,1-2H3/t13-/m1/s1. The number of aromatic nitrogens is 1. The first-order chi connectivity index (χ1) is 10.9. The number of carbonyl (C=O) groups is 1. The van der Waals surface area contributed by atoms with Gasteiger partial charge in [0.15, 0.2) is 10.6 Å². The zero-order valence-electron chi connectivity index (χ0n) is 12.9. The van der Waals surface area contributed by atoms with Crippen LogP contribution in [0.15, 0.2) is 41.1 Å². The van der Waals surface area contributed by atoms with Gasteiger partial charge >= 0.3 is 0 Å². The lowest BCUT2D eigenvalue weighted by Gasteiger charge is -2.28. The van der Waals surface area contributed by atoms with Crippen LogP contribution in [0.1, 0.15) is 13.8 Å². The Morgan fingerprint density at radius 2 is 2.09 bits per heavy atom. The number of nitrogens with zero attached hydrogens (tertiary/aromatic N) is 2. The Morgan fingerprint density at radius 3 is 2.65 bits per heavy atom. The Labute approximate surface area is 145 Å². The van der Waals surface area contributed by atoms with Crippen molar-refractivity contribution < 1.29 is 9.32 Å². The highest BCUT2D eigenvalue weighted by atomic mass is 35.5. The van der Waals surface area contributed by atoms with E-state index in [1.807, 2.05) is 32.0 Å². The Balaban J connectivity index is 2.35. The second-order valence-electron chi connectivity index (χ2n) is 5.58. The molecular weight excluding hydrogens is 337 g/mol. The summed E-state index contributed by atoms with van der Waals surface area (Å²) >= 11 is 11.6. The molecule has 1 amide bonds. The van der Waals surface area contributed by atoms with E-state index in [0.717, 1.165) is 5.56 Å². The molecule has 5 nitrogen and oxygen atoms in total. The van der Waals surface area contributed by atoms with Gasteiger partial charge in [0.05, 0.1) is 6.20 Å². The lowest BCUT2D eigenvalue weighted by molar-refractivity contribution is -0.117. The molecule has 1 aromatic heterocycles. The van der Waals surface area contributed by atoms with Gasteiger partial charge in [0, 0.05) is 29.9 Å². The zero-order valence-corrected chi connectivity index (χ0v) is 14.5. The lowest BCUT2D eigenvalue weighted by Crippen LogP contribution is -2.45. The molecule has 1 heterocycles. The van der Waals surface area contributed by atoms with Crippen LogP contribution in [0.3, 0.4) is 0 Å². The van der Waals surface area contributed by atoms with Crippen LogP contribution >= 0.6 is 23.2 Å². The zero-order chi connectivity index (χ0) is 17.0. The van der Waals surface area contributed by atoms with Crippen LogP contribution < -0.4 is 10.6 Å². The summed E-state index contributed by atoms with van der Waals surface area (Å²) in [5.74, 6) is 0.423. The average molecular weight is 356 g/mol. The number of benzene rings is 1. The van der Waals surface area contributed by atoms with E-state index in [1.165, 1.54) is 4.90 Å². The van der Waals surface area contributed by atoms with Crippen molar-refractivity contribution >= 4 is 34.8 Å². The molecule has 0 aliphatic carbocycles. The molecule has 0 fully saturated rings. The summed E-state index contributed by atoms with van der Waals surface area (Å²) in [4.78, 5) is 12.7. The van der Waals surface area contributed by atoms with Gasteiger partial charge in [-0.1, -0.05) is 54.3 Å². The van der Waals surface area contributed by atoms with Crippen LogP contribution in [0.2, 0.25) is 0 Å². The molecule has 0 saturated carbocycles. The Hall–Kier alpha value is -1.56. The first kappa shape index (κ1) is 17.8. The topological polar surface area (TPSA) is 72.4 Å². The van der Waals surface area contributed by atoms with Crippen molar-refractivity contribution in [2.24, 2.45) is 11.7 Å². The van der Waals surface area contributed by atoms with Crippen molar-refractivity contribution in [3.05, 3.63) is 36.5 Å². The lowest BCUT2D eigenvalue weighted by atomic mass is 10.0. The summed E-state index contributed by atoms with van der Waals surface area (Å²) in [6.07, 6.45) is 1.56. The molecule has 0 aliphatic heterocycles. The predicted octanol–water partition coefficient (Wildman–Crippen LogP) is 3.46. The molecule has 2 aromatic rings. The van der Waals surface area contributed by atoms with Crippen molar-refractivity contribution in [1.29, 1.82) is 0 Å². The Bertz CT molecular complexity index is 645. The van der Waals surface area contributed by atoms with E-state index in [-0.39, 0.29) is 12.0 Å². The monoisotopic (exact) mass is 355 g/mol. The second-order valence-corrected chi connectivity index (χ2v) is 6.68. The summed E-state index contributed by atoms with van der Waals surface area (Å²) in [7, 11) is 0. The normalized spacial score (nSPS) is 12.7. The van der Waals surface area contributed by atoms with Crippen LogP contribution in [0.5, 0.6) is 0 Å². The molecule has 0 bridgehead atoms. The van der Waals surface area contributed by atoms with Gasteiger partial charge < -0.3 is 15.2 Å². The largest absolute Gasteiger partial charge is 0.356 e. The summed E-state index contributed by atoms with van der Waals surface area (Å²) in [6, 6.07) is 8.87. The number of hydrogen-bond acceptors (Lipinski definition) is 4. The van der Waals surface area contributed by atoms with Gasteiger partial charge in [-0.2, -0.15) is 0 Å². The van der Waals surface area contributed by atoms with Crippen molar-refractivity contribution in [3.8, 4) is 11.3 Å². The molecule has 0 unspecified atom stereocenters. The summed E-state index contributed by atoms with van der Waals surface area (Å²) < 4.78 is 5.15. The molecule has 23 heavy (non-hydrogen) atoms. The molecule has 124 valence electrons. The summed E-state index contributed by atoms with van der Waals surface area (Å²) in [6.45, 7) is 4.32. The van der Waals surface area contributed by atoms with Crippen molar-refractivity contribution in [2.75, 3.05) is 11.4 Å². The fourth-order valence-corrected chi connectivity index (χ4v) is 2.29. The fraction of sp³-hybridized carbons (Fsp3) is 0.375. The van der Waals surface area contributed by atoms with E-state index < -0.39 is 10.7 Å². The number of rotatable bonds is 6. The Morgan fingerprint density at radius 1 is 1.35 bits per heavy atom. The van der Waals surface area contributed by atoms with Crippen LogP contribution in [-0.2, 0) is 4.79 Å². The highest BCUT2D eigenvalue weighted by molar-refractivity contribution is 6.54. The van der Waals surface area contributed by atoms with Crippen LogP contribution in [-0.4, -0.2) is 28.5 Å². The van der Waals surface area contributed by atoms with Gasteiger partial charge in [0.25, 0.3) is 5.91 Å². The number of halogens is 2. The SMILES string of the molecule is CC(C)[C@H](N)CN(C(=O)C(Cl)Cl)c1cccc(-c2ccno2)c1. The number of anilines is 1. The third-order valence-electron chi connectivity index (χ3n) is 3.58. The van der Waals surface area contributed by atoms with Gasteiger partial charge in [-0.15, -0.1) is 0 Å². The van der Waals surface area contributed by atoms with Crippen molar-refractivity contribution in [1.82, 2.24) is 5.16 Å². The van der Waals surface area contributed by atoms with Gasteiger partial charge in [-0.25, -0.2) is 0 Å². The van der Waals surface area contributed by atoms with Gasteiger partial charge in [0.2, 0.25) is 0 Å². The maximum Gasteiger partial charge on any atom is 0.260 e. The third-order valence-corrected chi connectivity index (χ3v) is 3.96. The molecule has 0 radical (unpaired) electrons. The smallest absolute Gasteiger partial charge is 0.260 e. The van der Waals surface area contributed by atoms with Gasteiger partial charge in [0.1, 0.15) is 0 Å². The number of carbonyl (C=O) groups excluding carboxylic acids is 1. The van der Waals surface area contributed by atoms with Crippen LogP contribution in [0, 0.1) is 5.92 Å². The van der Waals surface area contributed by atoms with E-state index in [4.69, 9.17) is 33.5 Å². The molecule has 0 aliphatic rings. The maximum absolute atomic E-state index is 12.4. The van der Waals surface area contributed by atoms with E-state index in [2.05, 4.69) is 5.16 Å². The number of alkyl halides is 2. The summed E-state index contributed by atoms with van der Waals surface area (Å²) in [5, 5.41) is 3.69. The van der Waals surface area contributed by atoms with E-state index in [9.17, 15) is 4.79 Å². The minimum atomic E-state index is -1.15. The van der Waals surface area contributed by atoms with Crippen LogP contribution in [0.25, 0.3) is 11.3 Å². The highest BCUT2D eigenvalue weighted by Gasteiger charge is 2.25. The molecule has 7 heteroatoms. The molecule has 0 spiro atoms. The molecule has 2 N–H and O–H groups in total. The maximum atomic E-state index is 12.4. The molecule has 0 saturated heterocycles. The minimum Gasteiger partial charge on any atom is -0.356 e. The summed E-state index contributed by atoms with van der Waals surface area (Å²) in [5.41, 5.74) is 7.58. The third kappa shape index (κ3) is 4.47. The first-order valence-electron chi connectivity index (χ1n) is 7.26. The predicted molar refractivity (Wildman–Crippen MR) is 92.6 cm³/mol. The molecule has 1 atom stereocenters. The number of amides is 1. The molecule has 2 rings (SSSR count). The van der Waals surface area contributed by atoms with Gasteiger partial charge in [-0.3, -0.25) is 4.79 Å². The van der Waals surface area contributed by atoms with Crippen LogP contribution in [0.4, 0.5) is 5.69 Å². The van der Waals surface area contributed by atoms with Crippen molar-refractivity contribution in [3.63, 3.8) is 0 Å².